The molecule has 0 bridgehead atoms. The molecule has 11 unspecified atom stereocenters. The van der Waals surface area contributed by atoms with Gasteiger partial charge in [0.2, 0.25) is 0 Å². The molecular weight excluding hydrogens is 716 g/mol. The van der Waals surface area contributed by atoms with Crippen molar-refractivity contribution in [3.8, 4) is 0 Å². The van der Waals surface area contributed by atoms with Gasteiger partial charge in [-0.05, 0) is 38.5 Å². The smallest absolute Gasteiger partial charge is 0.303 e. The highest BCUT2D eigenvalue weighted by Crippen LogP contribution is 2.26. The number of carbonyl (C=O) groups is 1. The molecule has 14 nitrogen and oxygen atoms in total. The van der Waals surface area contributed by atoms with Crippen LogP contribution < -0.4 is 0 Å². The van der Waals surface area contributed by atoms with E-state index in [9.17, 15) is 40.5 Å². The fourth-order valence-corrected chi connectivity index (χ4v) is 6.61. The summed E-state index contributed by atoms with van der Waals surface area (Å²) in [7, 11) is 0. The highest BCUT2D eigenvalue weighted by molar-refractivity contribution is 5.66. The Balaban J connectivity index is 1.54. The molecule has 2 saturated heterocycles. The van der Waals surface area contributed by atoms with Crippen LogP contribution in [0.4, 0.5) is 0 Å². The van der Waals surface area contributed by atoms with Gasteiger partial charge in [0.15, 0.2) is 12.6 Å². The lowest BCUT2D eigenvalue weighted by Gasteiger charge is -2.42. The molecular formula is C41H74O14. The Labute approximate surface area is 328 Å². The van der Waals surface area contributed by atoms with E-state index in [0.29, 0.717) is 6.61 Å². The van der Waals surface area contributed by atoms with Gasteiger partial charge < -0.3 is 64.2 Å². The second-order valence-corrected chi connectivity index (χ2v) is 14.9. The second kappa shape index (κ2) is 30.5. The summed E-state index contributed by atoms with van der Waals surface area (Å²) in [6.07, 6.45) is 15.1. The minimum Gasteiger partial charge on any atom is -0.458 e. The van der Waals surface area contributed by atoms with Gasteiger partial charge in [-0.15, -0.1) is 0 Å². The van der Waals surface area contributed by atoms with Gasteiger partial charge in [0.25, 0.3) is 0 Å². The van der Waals surface area contributed by atoms with Crippen LogP contribution >= 0.6 is 0 Å². The Morgan fingerprint density at radius 3 is 1.64 bits per heavy atom. The van der Waals surface area contributed by atoms with Crippen molar-refractivity contribution in [3.05, 3.63) is 24.3 Å². The van der Waals surface area contributed by atoms with E-state index < -0.39 is 86.7 Å². The van der Waals surface area contributed by atoms with E-state index in [1.807, 2.05) is 0 Å². The molecule has 55 heavy (non-hydrogen) atoms. The summed E-state index contributed by atoms with van der Waals surface area (Å²) in [5.74, 6) is -0.553. The summed E-state index contributed by atoms with van der Waals surface area (Å²) >= 11 is 0. The van der Waals surface area contributed by atoms with Crippen molar-refractivity contribution >= 4 is 5.97 Å². The number of aliphatic hydroxyl groups excluding tert-OH is 7. The average molecular weight is 791 g/mol. The number of allylic oxidation sites excluding steroid dienone is 4. The number of aliphatic hydroxyl groups is 7. The van der Waals surface area contributed by atoms with Crippen LogP contribution in [0.15, 0.2) is 24.3 Å². The minimum absolute atomic E-state index is 0.0450. The third-order valence-electron chi connectivity index (χ3n) is 10.0. The van der Waals surface area contributed by atoms with Crippen molar-refractivity contribution in [2.75, 3.05) is 33.0 Å². The molecule has 0 aromatic heterocycles. The molecule has 2 aliphatic rings. The molecule has 2 heterocycles. The topological polar surface area (TPSA) is 214 Å². The maximum absolute atomic E-state index is 11.7. The average Bonchev–Trinajstić information content (AvgIpc) is 3.17. The zero-order valence-electron chi connectivity index (χ0n) is 33.4. The SMILES string of the molecule is CCCCCCC/C=C\C/C=C\CCCCCCCCCCCCOCC(COC1OC(COC2OC(CO)C(O)C(O)C2O)C(O)C(O)C1O)OC(C)=O. The van der Waals surface area contributed by atoms with Gasteiger partial charge >= 0.3 is 5.97 Å². The first-order valence-corrected chi connectivity index (χ1v) is 20.9. The van der Waals surface area contributed by atoms with Gasteiger partial charge in [0.1, 0.15) is 54.9 Å². The molecule has 2 aliphatic heterocycles. The monoisotopic (exact) mass is 791 g/mol. The molecule has 0 spiro atoms. The van der Waals surface area contributed by atoms with Crippen molar-refractivity contribution in [3.63, 3.8) is 0 Å². The lowest BCUT2D eigenvalue weighted by molar-refractivity contribution is -0.332. The number of esters is 1. The quantitative estimate of drug-likeness (QED) is 0.0303. The van der Waals surface area contributed by atoms with Crippen LogP contribution in [0, 0.1) is 0 Å². The highest BCUT2D eigenvalue weighted by Gasteiger charge is 2.47. The fraction of sp³-hybridized carbons (Fsp3) is 0.878. The summed E-state index contributed by atoms with van der Waals surface area (Å²) in [6, 6.07) is 0. The van der Waals surface area contributed by atoms with E-state index in [-0.39, 0.29) is 13.2 Å². The van der Waals surface area contributed by atoms with Gasteiger partial charge in [0, 0.05) is 13.5 Å². The zero-order chi connectivity index (χ0) is 40.3. The van der Waals surface area contributed by atoms with Crippen LogP contribution in [0.5, 0.6) is 0 Å². The van der Waals surface area contributed by atoms with Crippen molar-refractivity contribution in [2.45, 2.75) is 197 Å². The maximum atomic E-state index is 11.7. The first kappa shape index (κ1) is 49.6. The Bertz CT molecular complexity index is 1010. The Kier molecular flexibility index (Phi) is 27.5. The molecule has 0 aromatic carbocycles. The second-order valence-electron chi connectivity index (χ2n) is 14.9. The van der Waals surface area contributed by atoms with E-state index in [4.69, 9.17) is 28.4 Å². The van der Waals surface area contributed by atoms with E-state index in [0.717, 1.165) is 25.7 Å². The largest absolute Gasteiger partial charge is 0.458 e. The number of carbonyl (C=O) groups excluding carboxylic acids is 1. The number of rotatable bonds is 31. The molecule has 2 fully saturated rings. The molecule has 0 aliphatic carbocycles. The third kappa shape index (κ3) is 20.6. The fourth-order valence-electron chi connectivity index (χ4n) is 6.61. The number of hydrogen-bond acceptors (Lipinski definition) is 14. The van der Waals surface area contributed by atoms with Gasteiger partial charge in [-0.1, -0.05) is 108 Å². The van der Waals surface area contributed by atoms with Gasteiger partial charge in [0.05, 0.1) is 26.4 Å². The zero-order valence-corrected chi connectivity index (χ0v) is 33.4. The normalized spacial score (nSPS) is 29.3. The number of unbranched alkanes of at least 4 members (excludes halogenated alkanes) is 15. The van der Waals surface area contributed by atoms with Gasteiger partial charge in [-0.25, -0.2) is 0 Å². The lowest BCUT2D eigenvalue weighted by atomic mass is 9.98. The van der Waals surface area contributed by atoms with E-state index in [1.165, 1.54) is 96.8 Å². The van der Waals surface area contributed by atoms with Crippen LogP contribution in [-0.4, -0.2) is 142 Å². The number of hydrogen-bond donors (Lipinski definition) is 7. The van der Waals surface area contributed by atoms with Crippen LogP contribution in [0.2, 0.25) is 0 Å². The molecule has 0 radical (unpaired) electrons. The molecule has 14 heteroatoms. The standard InChI is InChI=1S/C41H74O14/c1-3-4-5-6-7-8-9-10-11-12-13-14-15-16-17-18-19-20-21-22-23-24-25-50-27-31(53-30(2)43)28-51-40-39(49)37(47)35(45)33(55-40)29-52-41-38(48)36(46)34(44)32(26-42)54-41/h9-10,12-13,31-42,44-49H,3-8,11,14-29H2,1-2H3/b10-9-,13-12-. The minimum atomic E-state index is -1.70. The lowest BCUT2D eigenvalue weighted by Crippen LogP contribution is -2.61. The summed E-state index contributed by atoms with van der Waals surface area (Å²) in [4.78, 5) is 11.7. The number of ether oxygens (including phenoxy) is 6. The molecule has 0 saturated carbocycles. The summed E-state index contributed by atoms with van der Waals surface area (Å²) in [5, 5.41) is 70.9. The first-order valence-electron chi connectivity index (χ1n) is 20.9. The Morgan fingerprint density at radius 1 is 0.600 bits per heavy atom. The summed E-state index contributed by atoms with van der Waals surface area (Å²) in [6.45, 7) is 2.65. The van der Waals surface area contributed by atoms with Crippen LogP contribution in [0.1, 0.15) is 129 Å². The molecule has 2 rings (SSSR count). The molecule has 7 N–H and O–H groups in total. The highest BCUT2D eigenvalue weighted by atomic mass is 16.7. The van der Waals surface area contributed by atoms with Crippen molar-refractivity contribution in [1.29, 1.82) is 0 Å². The van der Waals surface area contributed by atoms with Crippen LogP contribution in [0.25, 0.3) is 0 Å². The van der Waals surface area contributed by atoms with Gasteiger partial charge in [-0.3, -0.25) is 4.79 Å². The van der Waals surface area contributed by atoms with E-state index >= 15 is 0 Å². The van der Waals surface area contributed by atoms with Crippen molar-refractivity contribution < 1.29 is 69.0 Å². The first-order chi connectivity index (χ1) is 26.6. The summed E-state index contributed by atoms with van der Waals surface area (Å²) < 4.78 is 33.1. The maximum Gasteiger partial charge on any atom is 0.303 e. The molecule has 322 valence electrons. The predicted molar refractivity (Wildman–Crippen MR) is 206 cm³/mol. The molecule has 0 amide bonds. The third-order valence-corrected chi connectivity index (χ3v) is 10.0. The van der Waals surface area contributed by atoms with Crippen molar-refractivity contribution in [1.82, 2.24) is 0 Å². The molecule has 11 atom stereocenters. The molecule has 0 aromatic rings. The predicted octanol–water partition coefficient (Wildman–Crippen LogP) is 3.73. The Hall–Kier alpha value is -1.53. The van der Waals surface area contributed by atoms with E-state index in [1.54, 1.807) is 0 Å². The van der Waals surface area contributed by atoms with Gasteiger partial charge in [-0.2, -0.15) is 0 Å². The van der Waals surface area contributed by atoms with Crippen LogP contribution in [0.3, 0.4) is 0 Å². The Morgan fingerprint density at radius 2 is 1.09 bits per heavy atom. The summed E-state index contributed by atoms with van der Waals surface area (Å²) in [5.41, 5.74) is 0. The van der Waals surface area contributed by atoms with E-state index in [2.05, 4.69) is 31.2 Å². The van der Waals surface area contributed by atoms with Crippen LogP contribution in [-0.2, 0) is 33.2 Å². The van der Waals surface area contributed by atoms with Crippen molar-refractivity contribution in [2.24, 2.45) is 0 Å².